The summed E-state index contributed by atoms with van der Waals surface area (Å²) in [5.74, 6) is 1.61. The number of nitrogens with one attached hydrogen (secondary N) is 1. The van der Waals surface area contributed by atoms with Crippen LogP contribution in [0.2, 0.25) is 0 Å². The summed E-state index contributed by atoms with van der Waals surface area (Å²) in [5, 5.41) is 0. The second kappa shape index (κ2) is 6.56. The zero-order valence-corrected chi connectivity index (χ0v) is 14.2. The molecule has 0 bridgehead atoms. The second-order valence-electron chi connectivity index (χ2n) is 5.98. The molecule has 1 saturated carbocycles. The highest BCUT2D eigenvalue weighted by molar-refractivity contribution is 9.10. The Balaban J connectivity index is 1.92. The minimum absolute atomic E-state index is 0.625. The van der Waals surface area contributed by atoms with Crippen molar-refractivity contribution >= 4 is 34.1 Å². The van der Waals surface area contributed by atoms with Crippen molar-refractivity contribution in [2.45, 2.75) is 57.3 Å². The van der Waals surface area contributed by atoms with Crippen LogP contribution in [0.5, 0.6) is 0 Å². The van der Waals surface area contributed by atoms with Gasteiger partial charge in [-0.05, 0) is 41.6 Å². The van der Waals surface area contributed by atoms with Crippen LogP contribution in [0.1, 0.15) is 63.0 Å². The van der Waals surface area contributed by atoms with Crippen LogP contribution in [0.4, 0.5) is 5.95 Å². The molecule has 1 N–H and O–H groups in total. The van der Waals surface area contributed by atoms with Crippen LogP contribution >= 0.6 is 28.1 Å². The van der Waals surface area contributed by atoms with Gasteiger partial charge in [0.05, 0.1) is 4.47 Å². The van der Waals surface area contributed by atoms with Crippen LogP contribution in [0.15, 0.2) is 4.47 Å². The molecule has 1 aromatic heterocycles. The van der Waals surface area contributed by atoms with Gasteiger partial charge < -0.3 is 9.88 Å². The predicted molar refractivity (Wildman–Crippen MR) is 89.0 cm³/mol. The third-order valence-electron chi connectivity index (χ3n) is 4.55. The topological polar surface area (TPSA) is 31.9 Å². The van der Waals surface area contributed by atoms with Gasteiger partial charge in [-0.25, -0.2) is 4.98 Å². The lowest BCUT2D eigenvalue weighted by atomic mass is 10.0. The molecule has 0 spiro atoms. The third kappa shape index (κ3) is 3.08. The van der Waals surface area contributed by atoms with Crippen LogP contribution in [0.3, 0.4) is 0 Å². The fraction of sp³-hybridized carbons (Fsp3) is 0.733. The fourth-order valence-corrected chi connectivity index (χ4v) is 4.10. The van der Waals surface area contributed by atoms with Gasteiger partial charge in [0.15, 0.2) is 0 Å². The first-order chi connectivity index (χ1) is 9.75. The first-order valence-corrected chi connectivity index (χ1v) is 9.00. The molecule has 2 fully saturated rings. The van der Waals surface area contributed by atoms with Gasteiger partial charge in [0.1, 0.15) is 4.64 Å². The molecule has 0 unspecified atom stereocenters. The Morgan fingerprint density at radius 3 is 2.35 bits per heavy atom. The smallest absolute Gasteiger partial charge is 0.204 e. The fourth-order valence-electron chi connectivity index (χ4n) is 3.39. The first kappa shape index (κ1) is 14.5. The molecule has 0 amide bonds. The highest BCUT2D eigenvalue weighted by atomic mass is 79.9. The predicted octanol–water partition coefficient (Wildman–Crippen LogP) is 4.94. The van der Waals surface area contributed by atoms with E-state index in [9.17, 15) is 0 Å². The van der Waals surface area contributed by atoms with E-state index in [0.717, 1.165) is 23.5 Å². The van der Waals surface area contributed by atoms with E-state index in [1.165, 1.54) is 57.1 Å². The number of hydrogen-bond donors (Lipinski definition) is 1. The maximum absolute atomic E-state index is 5.46. The van der Waals surface area contributed by atoms with Gasteiger partial charge in [0.25, 0.3) is 0 Å². The summed E-state index contributed by atoms with van der Waals surface area (Å²) in [6.45, 7) is 2.20. The summed E-state index contributed by atoms with van der Waals surface area (Å²) >= 11 is 9.11. The zero-order chi connectivity index (χ0) is 13.9. The van der Waals surface area contributed by atoms with E-state index in [1.807, 2.05) is 0 Å². The number of hydrogen-bond acceptors (Lipinski definition) is 3. The largest absolute Gasteiger partial charge is 0.342 e. The Morgan fingerprint density at radius 1 is 1.05 bits per heavy atom. The molecule has 1 aliphatic carbocycles. The molecule has 2 aliphatic rings. The molecule has 0 radical (unpaired) electrons. The average Bonchev–Trinajstić information content (AvgIpc) is 2.84. The van der Waals surface area contributed by atoms with Gasteiger partial charge in [-0.2, -0.15) is 0 Å². The monoisotopic (exact) mass is 355 g/mol. The van der Waals surface area contributed by atoms with Crippen LogP contribution in [0, 0.1) is 4.64 Å². The molecule has 1 aromatic rings. The highest BCUT2D eigenvalue weighted by Gasteiger charge is 2.23. The van der Waals surface area contributed by atoms with Crippen LogP contribution in [-0.2, 0) is 0 Å². The van der Waals surface area contributed by atoms with Gasteiger partial charge >= 0.3 is 0 Å². The highest BCUT2D eigenvalue weighted by Crippen LogP contribution is 2.37. The number of rotatable bonds is 2. The van der Waals surface area contributed by atoms with E-state index < -0.39 is 0 Å². The van der Waals surface area contributed by atoms with Crippen molar-refractivity contribution in [1.29, 1.82) is 0 Å². The van der Waals surface area contributed by atoms with Crippen molar-refractivity contribution in [3.05, 3.63) is 14.8 Å². The number of aromatic amines is 1. The molecule has 5 heteroatoms. The van der Waals surface area contributed by atoms with Gasteiger partial charge in [-0.1, -0.05) is 37.9 Å². The van der Waals surface area contributed by atoms with Crippen molar-refractivity contribution in [3.63, 3.8) is 0 Å². The lowest BCUT2D eigenvalue weighted by molar-refractivity contribution is 0.677. The Labute approximate surface area is 134 Å². The molecule has 3 nitrogen and oxygen atoms in total. The number of halogens is 1. The quantitative estimate of drug-likeness (QED) is 0.762. The second-order valence-corrected chi connectivity index (χ2v) is 7.16. The lowest BCUT2D eigenvalue weighted by Gasteiger charge is -2.23. The van der Waals surface area contributed by atoms with Gasteiger partial charge in [0, 0.05) is 24.7 Å². The molecule has 1 saturated heterocycles. The average molecular weight is 356 g/mol. The van der Waals surface area contributed by atoms with Crippen LogP contribution < -0.4 is 4.90 Å². The van der Waals surface area contributed by atoms with Crippen LogP contribution in [0.25, 0.3) is 0 Å². The molecule has 2 heterocycles. The maximum Gasteiger partial charge on any atom is 0.204 e. The molecule has 1 aliphatic heterocycles. The molecule has 20 heavy (non-hydrogen) atoms. The van der Waals surface area contributed by atoms with Crippen molar-refractivity contribution in [1.82, 2.24) is 9.97 Å². The summed E-state index contributed by atoms with van der Waals surface area (Å²) in [6, 6.07) is 0. The summed E-state index contributed by atoms with van der Waals surface area (Å²) in [6.07, 6.45) is 10.4. The van der Waals surface area contributed by atoms with Crippen molar-refractivity contribution < 1.29 is 0 Å². The summed E-state index contributed by atoms with van der Waals surface area (Å²) < 4.78 is 1.72. The Kier molecular flexibility index (Phi) is 4.76. The molecule has 0 aromatic carbocycles. The molecular weight excluding hydrogens is 334 g/mol. The van der Waals surface area contributed by atoms with Gasteiger partial charge in [0.2, 0.25) is 5.95 Å². The lowest BCUT2D eigenvalue weighted by Crippen LogP contribution is -2.26. The van der Waals surface area contributed by atoms with E-state index in [-0.39, 0.29) is 0 Å². The SMILES string of the molecule is S=c1nc(N2CCCCCC2)[nH]c(C2CCCC2)c1Br. The number of aromatic nitrogens is 2. The molecule has 0 atom stereocenters. The van der Waals surface area contributed by atoms with E-state index in [2.05, 4.69) is 30.8 Å². The minimum Gasteiger partial charge on any atom is -0.342 e. The standard InChI is InChI=1S/C15H22BrN3S/c16-12-13(11-7-3-4-8-11)17-15(18-14(12)20)19-9-5-1-2-6-10-19/h11H,1-10H2,(H,17,18,20). The van der Waals surface area contributed by atoms with Gasteiger partial charge in [-0.15, -0.1) is 0 Å². The number of anilines is 1. The Hall–Kier alpha value is -0.420. The van der Waals surface area contributed by atoms with E-state index in [1.54, 1.807) is 0 Å². The molecular formula is C15H22BrN3S. The van der Waals surface area contributed by atoms with Crippen molar-refractivity contribution in [2.75, 3.05) is 18.0 Å². The van der Waals surface area contributed by atoms with E-state index in [0.29, 0.717) is 10.6 Å². The normalized spacial score (nSPS) is 21.1. The maximum atomic E-state index is 5.46. The summed E-state index contributed by atoms with van der Waals surface area (Å²) in [7, 11) is 0. The number of H-pyrrole nitrogens is 1. The molecule has 110 valence electrons. The van der Waals surface area contributed by atoms with Crippen molar-refractivity contribution in [3.8, 4) is 0 Å². The third-order valence-corrected chi connectivity index (χ3v) is 5.91. The minimum atomic E-state index is 0.625. The summed E-state index contributed by atoms with van der Waals surface area (Å²) in [5.41, 5.74) is 1.28. The van der Waals surface area contributed by atoms with E-state index in [4.69, 9.17) is 12.2 Å². The zero-order valence-electron chi connectivity index (χ0n) is 11.8. The number of nitrogens with zero attached hydrogens (tertiary/aromatic N) is 2. The Bertz CT molecular complexity index is 514. The van der Waals surface area contributed by atoms with Gasteiger partial charge in [-0.3, -0.25) is 0 Å². The first-order valence-electron chi connectivity index (χ1n) is 7.80. The van der Waals surface area contributed by atoms with Crippen molar-refractivity contribution in [2.24, 2.45) is 0 Å². The summed E-state index contributed by atoms with van der Waals surface area (Å²) in [4.78, 5) is 10.6. The van der Waals surface area contributed by atoms with Crippen LogP contribution in [-0.4, -0.2) is 23.1 Å². The van der Waals surface area contributed by atoms with E-state index >= 15 is 0 Å². The molecule has 3 rings (SSSR count). The Morgan fingerprint density at radius 2 is 1.70 bits per heavy atom.